The molecule has 0 radical (unpaired) electrons. The zero-order valence-electron chi connectivity index (χ0n) is 12.0. The molecule has 0 fully saturated rings. The molecule has 2 rings (SSSR count). The maximum absolute atomic E-state index is 12.4. The Bertz CT molecular complexity index is 451. The van der Waals surface area contributed by atoms with Gasteiger partial charge in [0.05, 0.1) is 6.04 Å². The second kappa shape index (κ2) is 8.12. The Morgan fingerprint density at radius 3 is 2.75 bits per heavy atom. The lowest BCUT2D eigenvalue weighted by Gasteiger charge is -2.15. The number of nitrogens with one attached hydrogen (secondary N) is 1. The number of benzene rings is 1. The fourth-order valence-electron chi connectivity index (χ4n) is 2.13. The number of rotatable bonds is 7. The van der Waals surface area contributed by atoms with Crippen molar-refractivity contribution in [3.8, 4) is 11.5 Å². The summed E-state index contributed by atoms with van der Waals surface area (Å²) < 4.78 is 10.6. The van der Waals surface area contributed by atoms with Crippen molar-refractivity contribution in [1.29, 1.82) is 0 Å². The lowest BCUT2D eigenvalue weighted by atomic mass is 10.0. The summed E-state index contributed by atoms with van der Waals surface area (Å²) in [6, 6.07) is 5.26. The highest BCUT2D eigenvalue weighted by molar-refractivity contribution is 6.00. The molecule has 0 amide bonds. The van der Waals surface area contributed by atoms with Crippen LogP contribution in [0.15, 0.2) is 18.2 Å². The summed E-state index contributed by atoms with van der Waals surface area (Å²) in [6.07, 6.45) is 3.00. The summed E-state index contributed by atoms with van der Waals surface area (Å²) in [6.45, 7) is 5.28. The van der Waals surface area contributed by atoms with Crippen molar-refractivity contribution >= 4 is 18.2 Å². The van der Waals surface area contributed by atoms with Crippen LogP contribution in [0.3, 0.4) is 0 Å². The van der Waals surface area contributed by atoms with Crippen LogP contribution in [0.25, 0.3) is 0 Å². The number of carbonyl (C=O) groups is 1. The van der Waals surface area contributed by atoms with Crippen LogP contribution >= 0.6 is 12.4 Å². The minimum absolute atomic E-state index is 0. The summed E-state index contributed by atoms with van der Waals surface area (Å²) in [5.74, 6) is 1.50. The monoisotopic (exact) mass is 299 g/mol. The van der Waals surface area contributed by atoms with E-state index in [4.69, 9.17) is 9.47 Å². The lowest BCUT2D eigenvalue weighted by molar-refractivity contribution is 0.0940. The molecule has 1 heterocycles. The first-order chi connectivity index (χ1) is 9.26. The second-order valence-electron chi connectivity index (χ2n) is 4.70. The molecule has 20 heavy (non-hydrogen) atoms. The lowest BCUT2D eigenvalue weighted by Crippen LogP contribution is -2.36. The highest BCUT2D eigenvalue weighted by atomic mass is 35.5. The fraction of sp³-hybridized carbons (Fsp3) is 0.533. The highest BCUT2D eigenvalue weighted by Crippen LogP contribution is 2.32. The first kappa shape index (κ1) is 16.8. The summed E-state index contributed by atoms with van der Waals surface area (Å²) >= 11 is 0. The SMILES string of the molecule is CCCCNC(CC)C(=O)c1ccc2c(c1)OCO2.Cl. The third kappa shape index (κ3) is 3.87. The first-order valence-electron chi connectivity index (χ1n) is 6.93. The minimum Gasteiger partial charge on any atom is -0.454 e. The largest absolute Gasteiger partial charge is 0.454 e. The van der Waals surface area contributed by atoms with Crippen molar-refractivity contribution in [1.82, 2.24) is 5.32 Å². The predicted molar refractivity (Wildman–Crippen MR) is 81.1 cm³/mol. The molecule has 1 aromatic carbocycles. The van der Waals surface area contributed by atoms with Gasteiger partial charge in [0.15, 0.2) is 17.3 Å². The van der Waals surface area contributed by atoms with Crippen LogP contribution in [0.4, 0.5) is 0 Å². The van der Waals surface area contributed by atoms with Gasteiger partial charge in [-0.2, -0.15) is 0 Å². The molecule has 4 nitrogen and oxygen atoms in total. The molecule has 1 unspecified atom stereocenters. The molecule has 0 spiro atoms. The average Bonchev–Trinajstić information content (AvgIpc) is 2.90. The van der Waals surface area contributed by atoms with Gasteiger partial charge < -0.3 is 14.8 Å². The van der Waals surface area contributed by atoms with Crippen LogP contribution in [0.2, 0.25) is 0 Å². The van der Waals surface area contributed by atoms with E-state index in [1.165, 1.54) is 0 Å². The Hall–Kier alpha value is -1.26. The highest BCUT2D eigenvalue weighted by Gasteiger charge is 2.21. The number of Topliss-reactive ketones (excluding diaryl/α,β-unsaturated/α-hetero) is 1. The van der Waals surface area contributed by atoms with Gasteiger partial charge in [-0.3, -0.25) is 4.79 Å². The standard InChI is InChI=1S/C15H21NO3.ClH/c1-3-5-8-16-12(4-2)15(17)11-6-7-13-14(9-11)19-10-18-13;/h6-7,9,12,16H,3-5,8,10H2,1-2H3;1H. The van der Waals surface area contributed by atoms with E-state index in [2.05, 4.69) is 12.2 Å². The van der Waals surface area contributed by atoms with Crippen LogP contribution in [-0.4, -0.2) is 25.2 Å². The third-order valence-corrected chi connectivity index (χ3v) is 3.30. The van der Waals surface area contributed by atoms with E-state index in [9.17, 15) is 4.79 Å². The van der Waals surface area contributed by atoms with Crippen molar-refractivity contribution in [3.63, 3.8) is 0 Å². The molecule has 1 atom stereocenters. The number of hydrogen-bond acceptors (Lipinski definition) is 4. The Morgan fingerprint density at radius 1 is 1.30 bits per heavy atom. The molecule has 0 saturated carbocycles. The number of ether oxygens (including phenoxy) is 2. The Balaban J connectivity index is 0.00000200. The van der Waals surface area contributed by atoms with Gasteiger partial charge in [-0.25, -0.2) is 0 Å². The van der Waals surface area contributed by atoms with Gasteiger partial charge in [0, 0.05) is 5.56 Å². The summed E-state index contributed by atoms with van der Waals surface area (Å²) in [4.78, 5) is 12.4. The fourth-order valence-corrected chi connectivity index (χ4v) is 2.13. The molecule has 5 heteroatoms. The number of carbonyl (C=O) groups excluding carboxylic acids is 1. The number of ketones is 1. The van der Waals surface area contributed by atoms with Crippen LogP contribution < -0.4 is 14.8 Å². The van der Waals surface area contributed by atoms with E-state index in [0.717, 1.165) is 25.8 Å². The molecule has 1 N–H and O–H groups in total. The number of hydrogen-bond donors (Lipinski definition) is 1. The Morgan fingerprint density at radius 2 is 2.05 bits per heavy atom. The zero-order chi connectivity index (χ0) is 13.7. The normalized spacial score (nSPS) is 13.7. The van der Waals surface area contributed by atoms with Crippen LogP contribution in [-0.2, 0) is 0 Å². The van der Waals surface area contributed by atoms with E-state index in [-0.39, 0.29) is 31.0 Å². The first-order valence-corrected chi connectivity index (χ1v) is 6.93. The average molecular weight is 300 g/mol. The molecule has 112 valence electrons. The van der Waals surface area contributed by atoms with Gasteiger partial charge in [-0.05, 0) is 37.6 Å². The molecular weight excluding hydrogens is 278 g/mol. The molecule has 1 aliphatic heterocycles. The maximum Gasteiger partial charge on any atom is 0.231 e. The molecule has 1 aromatic rings. The van der Waals surface area contributed by atoms with Crippen molar-refractivity contribution in [3.05, 3.63) is 23.8 Å². The van der Waals surface area contributed by atoms with E-state index in [0.29, 0.717) is 17.1 Å². The summed E-state index contributed by atoms with van der Waals surface area (Å²) in [7, 11) is 0. The van der Waals surface area contributed by atoms with Crippen LogP contribution in [0, 0.1) is 0 Å². The van der Waals surface area contributed by atoms with E-state index < -0.39 is 0 Å². The maximum atomic E-state index is 12.4. The van der Waals surface area contributed by atoms with Gasteiger partial charge in [-0.15, -0.1) is 12.4 Å². The van der Waals surface area contributed by atoms with Crippen LogP contribution in [0.5, 0.6) is 11.5 Å². The van der Waals surface area contributed by atoms with Gasteiger partial charge >= 0.3 is 0 Å². The number of unbranched alkanes of at least 4 members (excludes halogenated alkanes) is 1. The minimum atomic E-state index is -0.119. The number of fused-ring (bicyclic) bond motifs is 1. The van der Waals surface area contributed by atoms with Crippen molar-refractivity contribution in [2.24, 2.45) is 0 Å². The smallest absolute Gasteiger partial charge is 0.231 e. The van der Waals surface area contributed by atoms with Gasteiger partial charge in [0.2, 0.25) is 6.79 Å². The predicted octanol–water partition coefficient (Wildman–Crippen LogP) is 3.19. The molecule has 0 saturated heterocycles. The van der Waals surface area contributed by atoms with Crippen molar-refractivity contribution in [2.45, 2.75) is 39.2 Å². The van der Waals surface area contributed by atoms with Gasteiger partial charge in [0.25, 0.3) is 0 Å². The van der Waals surface area contributed by atoms with E-state index >= 15 is 0 Å². The summed E-state index contributed by atoms with van der Waals surface area (Å²) in [5, 5.41) is 3.31. The molecule has 0 aliphatic carbocycles. The number of halogens is 1. The summed E-state index contributed by atoms with van der Waals surface area (Å²) in [5.41, 5.74) is 0.681. The van der Waals surface area contributed by atoms with E-state index in [1.807, 2.05) is 6.92 Å². The van der Waals surface area contributed by atoms with Crippen molar-refractivity contribution in [2.75, 3.05) is 13.3 Å². The zero-order valence-corrected chi connectivity index (χ0v) is 12.8. The third-order valence-electron chi connectivity index (χ3n) is 3.30. The van der Waals surface area contributed by atoms with E-state index in [1.54, 1.807) is 18.2 Å². The van der Waals surface area contributed by atoms with Crippen molar-refractivity contribution < 1.29 is 14.3 Å². The molecular formula is C15H22ClNO3. The Kier molecular flexibility index (Phi) is 6.82. The topological polar surface area (TPSA) is 47.6 Å². The van der Waals surface area contributed by atoms with Crippen LogP contribution in [0.1, 0.15) is 43.5 Å². The quantitative estimate of drug-likeness (QED) is 0.620. The molecule has 0 aromatic heterocycles. The molecule has 0 bridgehead atoms. The molecule has 1 aliphatic rings. The second-order valence-corrected chi connectivity index (χ2v) is 4.70. The Labute approximate surface area is 126 Å². The van der Waals surface area contributed by atoms with Gasteiger partial charge in [-0.1, -0.05) is 20.3 Å². The van der Waals surface area contributed by atoms with Gasteiger partial charge in [0.1, 0.15) is 0 Å².